The van der Waals surface area contributed by atoms with Crippen molar-refractivity contribution in [3.8, 4) is 0 Å². The average molecular weight is 674 g/mol. The number of halogens is 9. The number of benzene rings is 1. The van der Waals surface area contributed by atoms with Crippen LogP contribution in [0.25, 0.3) is 0 Å². The summed E-state index contributed by atoms with van der Waals surface area (Å²) in [6, 6.07) is 3.27. The minimum absolute atomic E-state index is 0.0111. The highest BCUT2D eigenvalue weighted by molar-refractivity contribution is 5.89. The fraction of sp³-hybridized carbons (Fsp3) is 0.519. The Balaban J connectivity index is 0.000000321. The van der Waals surface area contributed by atoms with Crippen LogP contribution in [0.15, 0.2) is 45.7 Å². The monoisotopic (exact) mass is 673 g/mol. The number of fused-ring (bicyclic) bond motifs is 1. The molecule has 256 valence electrons. The molecule has 0 radical (unpaired) electrons. The Morgan fingerprint density at radius 2 is 1.67 bits per heavy atom. The second-order valence-corrected chi connectivity index (χ2v) is 9.98. The van der Waals surface area contributed by atoms with Gasteiger partial charge in [-0.15, -0.1) is 0 Å². The van der Waals surface area contributed by atoms with Gasteiger partial charge in [-0.2, -0.15) is 44.6 Å². The molecule has 4 N–H and O–H groups in total. The number of carbonyl (C=O) groups is 1. The third kappa shape index (κ3) is 11.3. The summed E-state index contributed by atoms with van der Waals surface area (Å²) in [5.74, 6) is -0.359. The van der Waals surface area contributed by atoms with Crippen LogP contribution < -0.4 is 16.1 Å². The van der Waals surface area contributed by atoms with Crippen molar-refractivity contribution in [1.82, 2.24) is 10.4 Å². The fourth-order valence-electron chi connectivity index (χ4n) is 4.08. The molecule has 10 nitrogen and oxygen atoms in total. The lowest BCUT2D eigenvalue weighted by atomic mass is 9.98. The molecule has 46 heavy (non-hydrogen) atoms. The lowest BCUT2D eigenvalue weighted by molar-refractivity contribution is -0.143. The summed E-state index contributed by atoms with van der Waals surface area (Å²) in [4.78, 5) is 21.0. The largest absolute Gasteiger partial charge is 0.446 e. The van der Waals surface area contributed by atoms with Crippen molar-refractivity contribution in [3.63, 3.8) is 0 Å². The number of ether oxygens (including phenoxy) is 1. The number of aromatic nitrogens is 1. The van der Waals surface area contributed by atoms with Gasteiger partial charge < -0.3 is 15.6 Å². The molecule has 1 aliphatic rings. The molecule has 2 heterocycles. The lowest BCUT2D eigenvalue weighted by Crippen LogP contribution is -2.45. The molecule has 0 spiro atoms. The zero-order valence-corrected chi connectivity index (χ0v) is 24.8. The summed E-state index contributed by atoms with van der Waals surface area (Å²) in [6.07, 6.45) is -13.5. The van der Waals surface area contributed by atoms with E-state index in [9.17, 15) is 44.3 Å². The van der Waals surface area contributed by atoms with E-state index in [2.05, 4.69) is 25.7 Å². The van der Waals surface area contributed by atoms with Crippen LogP contribution in [-0.4, -0.2) is 47.4 Å². The molecule has 0 saturated heterocycles. The number of carbonyl (C=O) groups excluding carboxylic acids is 1. The fourth-order valence-corrected chi connectivity index (χ4v) is 4.08. The van der Waals surface area contributed by atoms with E-state index in [-0.39, 0.29) is 42.9 Å². The summed E-state index contributed by atoms with van der Waals surface area (Å²) < 4.78 is 120. The summed E-state index contributed by atoms with van der Waals surface area (Å²) in [6.45, 7) is 4.60. The van der Waals surface area contributed by atoms with Gasteiger partial charge in [-0.3, -0.25) is 4.90 Å². The number of hydrogen-bond acceptors (Lipinski definition) is 7. The van der Waals surface area contributed by atoms with Gasteiger partial charge in [-0.25, -0.2) is 20.2 Å². The van der Waals surface area contributed by atoms with E-state index < -0.39 is 48.0 Å². The normalized spacial score (nSPS) is 15.8. The molecule has 3 rings (SSSR count). The molecule has 0 aliphatic carbocycles. The number of aliphatic hydroxyl groups excluding tert-OH is 1. The molecule has 1 aromatic carbocycles. The second kappa shape index (κ2) is 15.9. The molecule has 2 aromatic rings. The maximum atomic E-state index is 12.8. The van der Waals surface area contributed by atoms with Gasteiger partial charge in [-0.05, 0) is 69.0 Å². The van der Waals surface area contributed by atoms with E-state index in [1.807, 2.05) is 6.92 Å². The van der Waals surface area contributed by atoms with Gasteiger partial charge >= 0.3 is 24.6 Å². The number of aryl methyl sites for hydroxylation is 1. The van der Waals surface area contributed by atoms with Gasteiger partial charge in [0.05, 0.1) is 48.3 Å². The van der Waals surface area contributed by atoms with Crippen molar-refractivity contribution in [3.05, 3.63) is 58.4 Å². The number of hydrogen-bond donors (Lipinski definition) is 3. The maximum absolute atomic E-state index is 12.8. The highest BCUT2D eigenvalue weighted by Crippen LogP contribution is 2.37. The summed E-state index contributed by atoms with van der Waals surface area (Å²) >= 11 is 0. The Morgan fingerprint density at radius 3 is 2.17 bits per heavy atom. The van der Waals surface area contributed by atoms with Crippen LogP contribution in [0, 0.1) is 0 Å². The van der Waals surface area contributed by atoms with E-state index in [4.69, 9.17) is 15.6 Å². The van der Waals surface area contributed by atoms with Crippen LogP contribution in [0.4, 0.5) is 50.0 Å². The Kier molecular flexibility index (Phi) is 13.1. The van der Waals surface area contributed by atoms with Crippen LogP contribution in [0.5, 0.6) is 0 Å². The number of nitrogens with one attached hydrogen (secondary N) is 1. The number of pyridine rings is 1. The average Bonchev–Trinajstić information content (AvgIpc) is 2.95. The lowest BCUT2D eigenvalue weighted by Gasteiger charge is -2.36. The Hall–Kier alpha value is -4.16. The van der Waals surface area contributed by atoms with Gasteiger partial charge in [0, 0.05) is 6.04 Å². The van der Waals surface area contributed by atoms with Crippen molar-refractivity contribution < 1.29 is 54.2 Å². The Labute approximate surface area is 257 Å². The first-order chi connectivity index (χ1) is 21.3. The Bertz CT molecular complexity index is 1350. The summed E-state index contributed by atoms with van der Waals surface area (Å²) in [5.41, 5.74) is 4.02. The topological polar surface area (TPSA) is 138 Å². The first-order valence-corrected chi connectivity index (χ1v) is 13.7. The molecule has 0 fully saturated rings. The number of anilines is 1. The van der Waals surface area contributed by atoms with Crippen LogP contribution >= 0.6 is 0 Å². The number of nitrogens with two attached hydrogens (primary N) is 1. The van der Waals surface area contributed by atoms with Gasteiger partial charge in [0.25, 0.3) is 0 Å². The van der Waals surface area contributed by atoms with Crippen molar-refractivity contribution in [2.45, 2.75) is 77.3 Å². The van der Waals surface area contributed by atoms with E-state index >= 15 is 0 Å². The third-order valence-electron chi connectivity index (χ3n) is 6.10. The highest BCUT2D eigenvalue weighted by Gasteiger charge is 2.38. The number of guanidine groups is 1. The minimum atomic E-state index is -4.93. The SMILES string of the molecule is CC[C@H]1CCc2nc(C(F)(F)F)ccc2N1C(=O)OC(C)C.NC(=NCc1cc(C(F)(F)F)cc(C(F)(F)F)c1)NN=NCCO. The number of alkyl halides is 9. The van der Waals surface area contributed by atoms with E-state index in [0.717, 1.165) is 6.07 Å². The van der Waals surface area contributed by atoms with E-state index in [1.165, 1.54) is 11.0 Å². The maximum Gasteiger partial charge on any atom is 0.433 e. The molecule has 1 atom stereocenters. The number of amides is 1. The highest BCUT2D eigenvalue weighted by atomic mass is 19.4. The molecular weight excluding hydrogens is 641 g/mol. The molecular formula is C27H32F9N7O3. The first-order valence-electron chi connectivity index (χ1n) is 13.7. The third-order valence-corrected chi connectivity index (χ3v) is 6.10. The molecule has 0 bridgehead atoms. The van der Waals surface area contributed by atoms with Crippen molar-refractivity contribution in [1.29, 1.82) is 0 Å². The van der Waals surface area contributed by atoms with Crippen molar-refractivity contribution in [2.24, 2.45) is 21.1 Å². The van der Waals surface area contributed by atoms with Crippen LogP contribution in [0.3, 0.4) is 0 Å². The standard InChI is InChI=1S/C15H19F3N2O2.C12H13F6N5O/c1-4-10-5-6-11-12(20(10)14(21)22-9(2)3)7-8-13(19-11)15(16,17)18;13-11(14,15)8-3-7(4-9(5-8)12(16,17)18)6-20-10(19)22-23-21-1-2-24/h7-10H,4-6H2,1-3H3;3-5,24H,1-2,6H2,(H3,19,20,21,22)/t10-;/m0./s1. The number of nitrogens with zero attached hydrogens (tertiary/aromatic N) is 5. The zero-order chi connectivity index (χ0) is 34.9. The molecule has 0 unspecified atom stereocenters. The van der Waals surface area contributed by atoms with Gasteiger partial charge in [0.2, 0.25) is 5.96 Å². The predicted octanol–water partition coefficient (Wildman–Crippen LogP) is 6.66. The van der Waals surface area contributed by atoms with Crippen LogP contribution in [0.2, 0.25) is 0 Å². The van der Waals surface area contributed by atoms with Crippen molar-refractivity contribution >= 4 is 17.7 Å². The second-order valence-electron chi connectivity index (χ2n) is 9.98. The van der Waals surface area contributed by atoms with Gasteiger partial charge in [-0.1, -0.05) is 12.1 Å². The van der Waals surface area contributed by atoms with E-state index in [0.29, 0.717) is 42.8 Å². The quantitative estimate of drug-likeness (QED) is 0.0988. The van der Waals surface area contributed by atoms with E-state index in [1.54, 1.807) is 13.8 Å². The van der Waals surface area contributed by atoms with Crippen LogP contribution in [0.1, 0.15) is 61.7 Å². The summed E-state index contributed by atoms with van der Waals surface area (Å²) in [7, 11) is 0. The zero-order valence-electron chi connectivity index (χ0n) is 24.8. The first kappa shape index (κ1) is 38.0. The minimum Gasteiger partial charge on any atom is -0.446 e. The molecule has 1 aromatic heterocycles. The Morgan fingerprint density at radius 1 is 1.07 bits per heavy atom. The smallest absolute Gasteiger partial charge is 0.433 e. The van der Waals surface area contributed by atoms with Gasteiger partial charge in [0.1, 0.15) is 5.69 Å². The molecule has 19 heteroatoms. The predicted molar refractivity (Wildman–Crippen MR) is 147 cm³/mol. The van der Waals surface area contributed by atoms with Crippen molar-refractivity contribution in [2.75, 3.05) is 18.1 Å². The number of aliphatic hydroxyl groups is 1. The number of rotatable bonds is 7. The van der Waals surface area contributed by atoms with Crippen LogP contribution in [-0.2, 0) is 36.2 Å². The molecule has 1 aliphatic heterocycles. The number of aliphatic imine (C=N–C) groups is 1. The summed E-state index contributed by atoms with van der Waals surface area (Å²) in [5, 5.41) is 15.1. The molecule has 0 saturated carbocycles. The molecule has 1 amide bonds. The van der Waals surface area contributed by atoms with Gasteiger partial charge in [0.15, 0.2) is 0 Å².